The maximum atomic E-state index is 13.1. The molecule has 3 aromatic carbocycles. The second kappa shape index (κ2) is 12.9. The highest BCUT2D eigenvalue weighted by Crippen LogP contribution is 2.37. The van der Waals surface area contributed by atoms with Crippen LogP contribution in [0.4, 0.5) is 23.7 Å². The van der Waals surface area contributed by atoms with E-state index in [0.717, 1.165) is 42.6 Å². The first-order valence-corrected chi connectivity index (χ1v) is 15.8. The van der Waals surface area contributed by atoms with Gasteiger partial charge in [0.15, 0.2) is 11.3 Å². The Hall–Kier alpha value is -4.45. The van der Waals surface area contributed by atoms with Gasteiger partial charge in [0, 0.05) is 23.0 Å². The summed E-state index contributed by atoms with van der Waals surface area (Å²) in [4.78, 5) is 19.6. The van der Waals surface area contributed by atoms with E-state index in [1.165, 1.54) is 46.4 Å². The Morgan fingerprint density at radius 3 is 2.51 bits per heavy atom. The first kappa shape index (κ1) is 30.6. The molecule has 12 heteroatoms. The topological polar surface area (TPSA) is 84.3 Å². The number of benzene rings is 3. The zero-order chi connectivity index (χ0) is 31.6. The normalized spacial score (nSPS) is 19.8. The van der Waals surface area contributed by atoms with Gasteiger partial charge in [-0.25, -0.2) is 14.5 Å². The van der Waals surface area contributed by atoms with E-state index in [-0.39, 0.29) is 23.3 Å². The average Bonchev–Trinajstić information content (AvgIpc) is 3.78. The van der Waals surface area contributed by atoms with Gasteiger partial charge in [-0.05, 0) is 85.4 Å². The molecule has 2 aliphatic rings. The highest BCUT2D eigenvalue weighted by atomic mass is 32.2. The number of para-hydroxylation sites is 1. The Morgan fingerprint density at radius 2 is 1.78 bits per heavy atom. The van der Waals surface area contributed by atoms with Gasteiger partial charge in [0.2, 0.25) is 0 Å². The first-order chi connectivity index (χ1) is 21.7. The van der Waals surface area contributed by atoms with Crippen LogP contribution in [0, 0.1) is 0 Å². The summed E-state index contributed by atoms with van der Waals surface area (Å²) in [5, 5.41) is 12.9. The Kier molecular flexibility index (Phi) is 8.75. The number of aryl methyl sites for hydroxylation is 1. The number of allylic oxidation sites excluding steroid dienone is 1. The largest absolute Gasteiger partial charge is 0.573 e. The molecule has 2 heterocycles. The summed E-state index contributed by atoms with van der Waals surface area (Å²) < 4.78 is 42.7. The lowest BCUT2D eigenvalue weighted by Crippen LogP contribution is -2.49. The minimum Gasteiger partial charge on any atom is -0.406 e. The molecule has 0 radical (unpaired) electrons. The molecule has 6 rings (SSSR count). The Bertz CT molecular complexity index is 1670. The van der Waals surface area contributed by atoms with Gasteiger partial charge in [-0.3, -0.25) is 0 Å². The molecule has 0 bridgehead atoms. The zero-order valence-electron chi connectivity index (χ0n) is 24.8. The number of halogens is 3. The van der Waals surface area contributed by atoms with Crippen molar-refractivity contribution in [2.75, 3.05) is 4.90 Å². The molecule has 4 aromatic rings. The standard InChI is InChI=1S/C33H33F3N6O2S/c1-3-22-6-4-5-7-29(22)42-21(2)19-45-32(42)39-31(43)38-26-13-12-25(18-26)23-8-10-24(11-9-23)30-37-20-41(40-30)27-14-16-28(17-15-27)44-33(34,35)36/h4-11,14-17,19-20,25-26,32H,3,12-13,18H2,1-2H3,(H2,38,39,43). The van der Waals surface area contributed by atoms with Crippen LogP contribution in [-0.2, 0) is 6.42 Å². The zero-order valence-corrected chi connectivity index (χ0v) is 25.6. The SMILES string of the molecule is CCc1ccccc1N1C(C)=CSC1NC(=O)NC1CCC(c2ccc(-c3ncn(-c4ccc(OC(F)(F)F)cc4)n3)cc2)C1. The van der Waals surface area contributed by atoms with Crippen LogP contribution in [0.25, 0.3) is 17.1 Å². The van der Waals surface area contributed by atoms with E-state index in [1.54, 1.807) is 11.8 Å². The van der Waals surface area contributed by atoms with Crippen molar-refractivity contribution >= 4 is 23.5 Å². The maximum absolute atomic E-state index is 13.1. The minimum atomic E-state index is -4.74. The first-order valence-electron chi connectivity index (χ1n) is 14.8. The third-order valence-electron chi connectivity index (χ3n) is 8.10. The number of hydrogen-bond acceptors (Lipinski definition) is 6. The van der Waals surface area contributed by atoms with E-state index >= 15 is 0 Å². The Balaban J connectivity index is 1.03. The van der Waals surface area contributed by atoms with Crippen LogP contribution in [0.15, 0.2) is 90.2 Å². The Labute approximate surface area is 263 Å². The lowest BCUT2D eigenvalue weighted by Gasteiger charge is -2.30. The van der Waals surface area contributed by atoms with Crippen LogP contribution in [0.3, 0.4) is 0 Å². The number of alkyl halides is 3. The molecule has 1 aromatic heterocycles. The van der Waals surface area contributed by atoms with Crippen molar-refractivity contribution in [1.82, 2.24) is 25.4 Å². The number of nitrogens with zero attached hydrogens (tertiary/aromatic N) is 4. The van der Waals surface area contributed by atoms with Crippen LogP contribution in [0.2, 0.25) is 0 Å². The average molecular weight is 635 g/mol. The van der Waals surface area contributed by atoms with Crippen molar-refractivity contribution in [3.8, 4) is 22.8 Å². The van der Waals surface area contributed by atoms with Crippen LogP contribution in [-0.4, -0.2) is 38.7 Å². The van der Waals surface area contributed by atoms with Gasteiger partial charge < -0.3 is 20.3 Å². The predicted octanol–water partition coefficient (Wildman–Crippen LogP) is 7.73. The highest BCUT2D eigenvalue weighted by Gasteiger charge is 2.32. The maximum Gasteiger partial charge on any atom is 0.573 e. The van der Waals surface area contributed by atoms with Gasteiger partial charge in [-0.2, -0.15) is 0 Å². The van der Waals surface area contributed by atoms with Crippen molar-refractivity contribution in [2.24, 2.45) is 0 Å². The van der Waals surface area contributed by atoms with Gasteiger partial charge in [0.05, 0.1) is 5.69 Å². The molecule has 234 valence electrons. The summed E-state index contributed by atoms with van der Waals surface area (Å²) in [5.41, 5.74) is 5.83. The van der Waals surface area contributed by atoms with E-state index in [4.69, 9.17) is 0 Å². The fourth-order valence-electron chi connectivity index (χ4n) is 5.90. The van der Waals surface area contributed by atoms with E-state index in [1.807, 2.05) is 24.3 Å². The van der Waals surface area contributed by atoms with Gasteiger partial charge in [-0.15, -0.1) is 18.3 Å². The predicted molar refractivity (Wildman–Crippen MR) is 169 cm³/mol. The summed E-state index contributed by atoms with van der Waals surface area (Å²) in [6, 6.07) is 21.7. The molecule has 1 aliphatic carbocycles. The van der Waals surface area contributed by atoms with E-state index in [9.17, 15) is 18.0 Å². The van der Waals surface area contributed by atoms with Crippen molar-refractivity contribution in [3.05, 3.63) is 101 Å². The molecule has 0 spiro atoms. The number of hydrogen-bond donors (Lipinski definition) is 2. The number of rotatable bonds is 8. The number of anilines is 1. The van der Waals surface area contributed by atoms with Crippen LogP contribution >= 0.6 is 11.8 Å². The molecule has 3 unspecified atom stereocenters. The van der Waals surface area contributed by atoms with Crippen LogP contribution in [0.5, 0.6) is 5.75 Å². The second-order valence-corrected chi connectivity index (χ2v) is 12.1. The number of ether oxygens (including phenoxy) is 1. The second-order valence-electron chi connectivity index (χ2n) is 11.1. The summed E-state index contributed by atoms with van der Waals surface area (Å²) >= 11 is 1.60. The number of amides is 2. The molecule has 1 fully saturated rings. The molecular formula is C33H33F3N6O2S. The summed E-state index contributed by atoms with van der Waals surface area (Å²) in [6.45, 7) is 4.20. The van der Waals surface area contributed by atoms with E-state index in [0.29, 0.717) is 17.4 Å². The van der Waals surface area contributed by atoms with Crippen LogP contribution in [0.1, 0.15) is 50.2 Å². The molecule has 45 heavy (non-hydrogen) atoms. The summed E-state index contributed by atoms with van der Waals surface area (Å²) in [7, 11) is 0. The number of urea groups is 1. The van der Waals surface area contributed by atoms with Crippen molar-refractivity contribution in [3.63, 3.8) is 0 Å². The van der Waals surface area contributed by atoms with Gasteiger partial charge in [0.25, 0.3) is 0 Å². The summed E-state index contributed by atoms with van der Waals surface area (Å²) in [6.07, 6.45) is 0.412. The number of nitrogens with one attached hydrogen (secondary N) is 2. The van der Waals surface area contributed by atoms with E-state index < -0.39 is 6.36 Å². The van der Waals surface area contributed by atoms with E-state index in [2.05, 4.69) is 73.9 Å². The third kappa shape index (κ3) is 7.11. The molecule has 3 atom stereocenters. The number of thioether (sulfide) groups is 1. The minimum absolute atomic E-state index is 0.0804. The molecule has 0 saturated heterocycles. The Morgan fingerprint density at radius 1 is 1.02 bits per heavy atom. The summed E-state index contributed by atoms with van der Waals surface area (Å²) in [5.74, 6) is 0.530. The fraction of sp³-hybridized carbons (Fsp3) is 0.303. The number of carbonyl (C=O) groups is 1. The van der Waals surface area contributed by atoms with Gasteiger partial charge in [-0.1, -0.05) is 61.2 Å². The third-order valence-corrected chi connectivity index (χ3v) is 9.17. The van der Waals surface area contributed by atoms with Crippen molar-refractivity contribution < 1.29 is 22.7 Å². The van der Waals surface area contributed by atoms with Crippen LogP contribution < -0.4 is 20.3 Å². The highest BCUT2D eigenvalue weighted by molar-refractivity contribution is 8.03. The quantitative estimate of drug-likeness (QED) is 0.206. The lowest BCUT2D eigenvalue weighted by atomic mass is 9.96. The number of carbonyl (C=O) groups excluding carboxylic acids is 1. The lowest BCUT2D eigenvalue weighted by molar-refractivity contribution is -0.274. The molecule has 1 saturated carbocycles. The molecule has 2 N–H and O–H groups in total. The molecule has 8 nitrogen and oxygen atoms in total. The number of aromatic nitrogens is 3. The van der Waals surface area contributed by atoms with Crippen molar-refractivity contribution in [2.45, 2.75) is 63.4 Å². The monoisotopic (exact) mass is 634 g/mol. The van der Waals surface area contributed by atoms with Crippen molar-refractivity contribution in [1.29, 1.82) is 0 Å². The van der Waals surface area contributed by atoms with Gasteiger partial charge >= 0.3 is 12.4 Å². The molecular weight excluding hydrogens is 601 g/mol. The molecule has 1 aliphatic heterocycles. The smallest absolute Gasteiger partial charge is 0.406 e. The van der Waals surface area contributed by atoms with Gasteiger partial charge in [0.1, 0.15) is 12.1 Å². The molecule has 2 amide bonds. The fourth-order valence-corrected chi connectivity index (χ4v) is 6.92.